The van der Waals surface area contributed by atoms with Gasteiger partial charge in [-0.2, -0.15) is 0 Å². The third-order valence-corrected chi connectivity index (χ3v) is 4.96. The van der Waals surface area contributed by atoms with Crippen molar-refractivity contribution in [2.24, 2.45) is 0 Å². The van der Waals surface area contributed by atoms with E-state index in [4.69, 9.17) is 0 Å². The van der Waals surface area contributed by atoms with E-state index < -0.39 is 0 Å². The van der Waals surface area contributed by atoms with Gasteiger partial charge < -0.3 is 9.88 Å². The van der Waals surface area contributed by atoms with Crippen molar-refractivity contribution in [2.75, 3.05) is 0 Å². The minimum atomic E-state index is -0.386. The maximum atomic E-state index is 12.1. The summed E-state index contributed by atoms with van der Waals surface area (Å²) in [6.07, 6.45) is 9.11. The van der Waals surface area contributed by atoms with Crippen LogP contribution in [0.4, 0.5) is 4.79 Å². The second-order valence-electron chi connectivity index (χ2n) is 5.55. The molecule has 1 fully saturated rings. The molecule has 0 radical (unpaired) electrons. The number of carbonyl (C=O) groups excluding carboxylic acids is 2. The normalized spacial score (nSPS) is 17.0. The second kappa shape index (κ2) is 8.22. The molecule has 7 heteroatoms. The molecule has 1 saturated carbocycles. The number of aryl methyl sites for hydroxylation is 1. The van der Waals surface area contributed by atoms with Gasteiger partial charge >= 0.3 is 6.03 Å². The van der Waals surface area contributed by atoms with Crippen molar-refractivity contribution in [1.29, 1.82) is 0 Å². The molecule has 1 aliphatic rings. The van der Waals surface area contributed by atoms with Crippen molar-refractivity contribution in [2.45, 2.75) is 68.9 Å². The van der Waals surface area contributed by atoms with Crippen LogP contribution in [0.2, 0.25) is 0 Å². The van der Waals surface area contributed by atoms with E-state index in [0.717, 1.165) is 37.4 Å². The molecular weight excluding hydrogens is 300 g/mol. The summed E-state index contributed by atoms with van der Waals surface area (Å²) in [6, 6.07) is -0.188. The van der Waals surface area contributed by atoms with E-state index in [0.29, 0.717) is 0 Å². The Labute approximate surface area is 135 Å². The average Bonchev–Trinajstić information content (AvgIpc) is 2.95. The zero-order valence-corrected chi connectivity index (χ0v) is 14.0. The molecule has 1 atom stereocenters. The first-order valence-corrected chi connectivity index (χ1v) is 8.77. The van der Waals surface area contributed by atoms with E-state index in [1.165, 1.54) is 18.2 Å². The predicted octanol–water partition coefficient (Wildman–Crippen LogP) is 2.54. The molecule has 1 aliphatic carbocycles. The van der Waals surface area contributed by atoms with Crippen molar-refractivity contribution < 1.29 is 9.59 Å². The minimum absolute atomic E-state index is 0.198. The highest BCUT2D eigenvalue weighted by atomic mass is 32.2. The fraction of sp³-hybridized carbons (Fsp3) is 0.667. The molecule has 6 nitrogen and oxygen atoms in total. The Morgan fingerprint density at radius 2 is 2.14 bits per heavy atom. The van der Waals surface area contributed by atoms with Crippen LogP contribution in [0.5, 0.6) is 0 Å². The molecule has 2 N–H and O–H groups in total. The minimum Gasteiger partial charge on any atom is -0.335 e. The van der Waals surface area contributed by atoms with Crippen LogP contribution in [0.3, 0.4) is 0 Å². The van der Waals surface area contributed by atoms with Crippen molar-refractivity contribution in [3.05, 3.63) is 12.4 Å². The van der Waals surface area contributed by atoms with E-state index in [9.17, 15) is 9.59 Å². The first-order chi connectivity index (χ1) is 10.6. The largest absolute Gasteiger partial charge is 0.335 e. The summed E-state index contributed by atoms with van der Waals surface area (Å²) in [5, 5.41) is 5.73. The van der Waals surface area contributed by atoms with Crippen LogP contribution in [0.1, 0.15) is 46.0 Å². The Hall–Kier alpha value is -1.50. The number of rotatable bonds is 5. The molecule has 22 heavy (non-hydrogen) atoms. The first kappa shape index (κ1) is 16.9. The Morgan fingerprint density at radius 1 is 1.41 bits per heavy atom. The topological polar surface area (TPSA) is 76.0 Å². The summed E-state index contributed by atoms with van der Waals surface area (Å²) in [4.78, 5) is 28.2. The van der Waals surface area contributed by atoms with Gasteiger partial charge in [-0.05, 0) is 26.7 Å². The van der Waals surface area contributed by atoms with Gasteiger partial charge in [0.2, 0.25) is 5.91 Å². The first-order valence-electron chi connectivity index (χ1n) is 7.89. The third kappa shape index (κ3) is 4.76. The van der Waals surface area contributed by atoms with Crippen LogP contribution in [-0.4, -0.2) is 32.8 Å². The number of hydrogen-bond donors (Lipinski definition) is 2. The molecule has 0 aliphatic heterocycles. The molecule has 2 rings (SSSR count). The van der Waals surface area contributed by atoms with Crippen LogP contribution in [-0.2, 0) is 11.3 Å². The Morgan fingerprint density at radius 3 is 2.82 bits per heavy atom. The Bertz CT molecular complexity index is 511. The molecule has 122 valence electrons. The zero-order chi connectivity index (χ0) is 15.9. The molecule has 3 amide bonds. The summed E-state index contributed by atoms with van der Waals surface area (Å²) in [7, 11) is 0. The fourth-order valence-electron chi connectivity index (χ4n) is 2.55. The summed E-state index contributed by atoms with van der Waals surface area (Å²) >= 11 is 1.36. The van der Waals surface area contributed by atoms with Crippen LogP contribution in [0, 0.1) is 0 Å². The van der Waals surface area contributed by atoms with Crippen LogP contribution in [0.15, 0.2) is 17.6 Å². The number of nitrogens with one attached hydrogen (secondary N) is 2. The maximum Gasteiger partial charge on any atom is 0.321 e. The number of nitrogens with zero attached hydrogens (tertiary/aromatic N) is 2. The summed E-state index contributed by atoms with van der Waals surface area (Å²) in [5.41, 5.74) is 0. The van der Waals surface area contributed by atoms with Crippen molar-refractivity contribution >= 4 is 23.7 Å². The number of imidazole rings is 1. The standard InChI is InChI=1S/C15H24N4O2S/c1-3-19-10-9-16-15(19)22-11(2)13(20)18-14(21)17-12-7-5-4-6-8-12/h9-12H,3-8H2,1-2H3,(H2,17,18,20,21). The predicted molar refractivity (Wildman–Crippen MR) is 86.8 cm³/mol. The SMILES string of the molecule is CCn1ccnc1SC(C)C(=O)NC(=O)NC1CCCCC1. The summed E-state index contributed by atoms with van der Waals surface area (Å²) in [5.74, 6) is -0.288. The number of hydrogen-bond acceptors (Lipinski definition) is 4. The van der Waals surface area contributed by atoms with Gasteiger partial charge in [-0.3, -0.25) is 10.1 Å². The van der Waals surface area contributed by atoms with Gasteiger partial charge in [-0.1, -0.05) is 31.0 Å². The van der Waals surface area contributed by atoms with Gasteiger partial charge in [-0.25, -0.2) is 9.78 Å². The lowest BCUT2D eigenvalue weighted by atomic mass is 9.96. The van der Waals surface area contributed by atoms with Crippen molar-refractivity contribution in [3.63, 3.8) is 0 Å². The van der Waals surface area contributed by atoms with Gasteiger partial charge in [0.15, 0.2) is 5.16 Å². The zero-order valence-electron chi connectivity index (χ0n) is 13.2. The molecule has 1 aromatic heterocycles. The highest BCUT2D eigenvalue weighted by Gasteiger charge is 2.21. The lowest BCUT2D eigenvalue weighted by molar-refractivity contribution is -0.119. The second-order valence-corrected chi connectivity index (χ2v) is 6.86. The van der Waals surface area contributed by atoms with Crippen LogP contribution >= 0.6 is 11.8 Å². The number of thioether (sulfide) groups is 1. The van der Waals surface area contributed by atoms with Crippen LogP contribution < -0.4 is 10.6 Å². The molecule has 0 spiro atoms. The number of carbonyl (C=O) groups is 2. The van der Waals surface area contributed by atoms with E-state index in [2.05, 4.69) is 15.6 Å². The third-order valence-electron chi connectivity index (χ3n) is 3.85. The van der Waals surface area contributed by atoms with E-state index in [1.54, 1.807) is 13.1 Å². The van der Waals surface area contributed by atoms with Crippen molar-refractivity contribution in [1.82, 2.24) is 20.2 Å². The van der Waals surface area contributed by atoms with Gasteiger partial charge in [0, 0.05) is 25.0 Å². The van der Waals surface area contributed by atoms with Gasteiger partial charge in [0.05, 0.1) is 5.25 Å². The molecule has 1 unspecified atom stereocenters. The lowest BCUT2D eigenvalue weighted by Gasteiger charge is -2.23. The van der Waals surface area contributed by atoms with E-state index in [-0.39, 0.29) is 23.2 Å². The molecular formula is C15H24N4O2S. The highest BCUT2D eigenvalue weighted by Crippen LogP contribution is 2.21. The molecule has 1 heterocycles. The van der Waals surface area contributed by atoms with Gasteiger partial charge in [0.25, 0.3) is 0 Å². The molecule has 0 bridgehead atoms. The Balaban J connectivity index is 1.79. The lowest BCUT2D eigenvalue weighted by Crippen LogP contribution is -2.47. The Kier molecular flexibility index (Phi) is 6.30. The van der Waals surface area contributed by atoms with E-state index >= 15 is 0 Å². The van der Waals surface area contributed by atoms with Gasteiger partial charge in [-0.15, -0.1) is 0 Å². The average molecular weight is 324 g/mol. The van der Waals surface area contributed by atoms with E-state index in [1.807, 2.05) is 17.7 Å². The molecule has 1 aromatic rings. The number of amides is 3. The quantitative estimate of drug-likeness (QED) is 0.816. The van der Waals surface area contributed by atoms with Gasteiger partial charge in [0.1, 0.15) is 0 Å². The molecule has 0 aromatic carbocycles. The smallest absolute Gasteiger partial charge is 0.321 e. The summed E-state index contributed by atoms with van der Waals surface area (Å²) in [6.45, 7) is 4.61. The maximum absolute atomic E-state index is 12.1. The number of aromatic nitrogens is 2. The number of urea groups is 1. The summed E-state index contributed by atoms with van der Waals surface area (Å²) < 4.78 is 1.97. The molecule has 0 saturated heterocycles. The highest BCUT2D eigenvalue weighted by molar-refractivity contribution is 8.00. The van der Waals surface area contributed by atoms with Crippen molar-refractivity contribution in [3.8, 4) is 0 Å². The monoisotopic (exact) mass is 324 g/mol. The number of imide groups is 1. The fourth-order valence-corrected chi connectivity index (χ4v) is 3.48. The van der Waals surface area contributed by atoms with Crippen LogP contribution in [0.25, 0.3) is 0 Å².